The fraction of sp³-hybridized carbons (Fsp3) is 0.125. The molecule has 0 aromatic carbocycles. The zero-order valence-corrected chi connectivity index (χ0v) is 8.45. The summed E-state index contributed by atoms with van der Waals surface area (Å²) < 4.78 is 2.22. The Bertz CT molecular complexity index is 529. The maximum Gasteiger partial charge on any atom is 0.259 e. The average Bonchev–Trinajstić information content (AvgIpc) is 2.44. The van der Waals surface area contributed by atoms with Crippen molar-refractivity contribution >= 4 is 38.0 Å². The summed E-state index contributed by atoms with van der Waals surface area (Å²) in [6.45, 7) is 0. The quantitative estimate of drug-likeness (QED) is 0.728. The molecule has 0 spiro atoms. The van der Waals surface area contributed by atoms with Crippen LogP contribution in [0.5, 0.6) is 0 Å². The van der Waals surface area contributed by atoms with Crippen molar-refractivity contribution in [2.75, 3.05) is 5.73 Å². The van der Waals surface area contributed by atoms with Gasteiger partial charge in [-0.2, -0.15) is 0 Å². The third-order valence-electron chi connectivity index (χ3n) is 1.83. The first kappa shape index (κ1) is 8.59. The molecule has 2 heterocycles. The molecule has 0 amide bonds. The van der Waals surface area contributed by atoms with Gasteiger partial charge in [-0.25, -0.2) is 0 Å². The third kappa shape index (κ3) is 1.22. The lowest BCUT2D eigenvalue weighted by atomic mass is 10.3. The molecule has 0 bridgehead atoms. The third-order valence-corrected chi connectivity index (χ3v) is 3.22. The lowest BCUT2D eigenvalue weighted by Gasteiger charge is -1.98. The van der Waals surface area contributed by atoms with Crippen LogP contribution in [0.15, 0.2) is 17.1 Å². The molecule has 0 aliphatic rings. The van der Waals surface area contributed by atoms with Crippen LogP contribution < -0.4 is 11.3 Å². The molecule has 0 saturated heterocycles. The summed E-state index contributed by atoms with van der Waals surface area (Å²) in [5.41, 5.74) is 5.53. The van der Waals surface area contributed by atoms with Gasteiger partial charge in [0.1, 0.15) is 0 Å². The zero-order valence-electron chi connectivity index (χ0n) is 6.87. The minimum atomic E-state index is -0.0626. The normalized spacial score (nSPS) is 10.9. The Morgan fingerprint density at radius 3 is 3.00 bits per heavy atom. The second-order valence-electron chi connectivity index (χ2n) is 2.78. The Balaban J connectivity index is 3.04. The highest BCUT2D eigenvalue weighted by Gasteiger charge is 2.08. The van der Waals surface area contributed by atoms with Crippen LogP contribution in [-0.4, -0.2) is 4.57 Å². The highest BCUT2D eigenvalue weighted by molar-refractivity contribution is 7.23. The molecule has 0 aliphatic heterocycles. The van der Waals surface area contributed by atoms with Crippen LogP contribution in [0.4, 0.5) is 5.00 Å². The Morgan fingerprint density at radius 2 is 2.31 bits per heavy atom. The number of halogens is 1. The highest BCUT2D eigenvalue weighted by atomic mass is 35.5. The molecular formula is C8H7ClN2OS. The molecule has 2 N–H and O–H groups in total. The Hall–Kier alpha value is -1.00. The van der Waals surface area contributed by atoms with Crippen LogP contribution in [0.2, 0.25) is 5.02 Å². The van der Waals surface area contributed by atoms with E-state index in [1.807, 2.05) is 0 Å². The van der Waals surface area contributed by atoms with Crippen LogP contribution in [0.1, 0.15) is 0 Å². The Labute approximate surface area is 83.4 Å². The standard InChI is InChI=1S/C8H7ClN2OS/c1-11-3-5(9)7-4(8(11)12)2-6(10)13-7/h2-3H,10H2,1H3. The fourth-order valence-electron chi connectivity index (χ4n) is 1.22. The summed E-state index contributed by atoms with van der Waals surface area (Å²) >= 11 is 7.28. The summed E-state index contributed by atoms with van der Waals surface area (Å²) in [4.78, 5) is 11.5. The number of hydrogen-bond donors (Lipinski definition) is 1. The van der Waals surface area contributed by atoms with E-state index in [0.717, 1.165) is 4.70 Å². The van der Waals surface area contributed by atoms with Crippen molar-refractivity contribution < 1.29 is 0 Å². The zero-order chi connectivity index (χ0) is 9.59. The number of aromatic nitrogens is 1. The molecule has 2 rings (SSSR count). The van der Waals surface area contributed by atoms with E-state index in [4.69, 9.17) is 17.3 Å². The molecule has 2 aromatic rings. The van der Waals surface area contributed by atoms with Gasteiger partial charge in [-0.3, -0.25) is 4.79 Å². The number of aryl methyl sites for hydroxylation is 1. The summed E-state index contributed by atoms with van der Waals surface area (Å²) in [5, 5.41) is 1.77. The number of fused-ring (bicyclic) bond motifs is 1. The minimum absolute atomic E-state index is 0.0626. The van der Waals surface area contributed by atoms with E-state index in [1.165, 1.54) is 15.9 Å². The van der Waals surface area contributed by atoms with Gasteiger partial charge in [0, 0.05) is 13.2 Å². The number of anilines is 1. The molecule has 2 aromatic heterocycles. The molecule has 0 radical (unpaired) electrons. The molecule has 0 atom stereocenters. The van der Waals surface area contributed by atoms with Gasteiger partial charge < -0.3 is 10.3 Å². The van der Waals surface area contributed by atoms with Gasteiger partial charge in [0.15, 0.2) is 0 Å². The highest BCUT2D eigenvalue weighted by Crippen LogP contribution is 2.30. The molecular weight excluding hydrogens is 208 g/mol. The van der Waals surface area contributed by atoms with Crippen molar-refractivity contribution in [1.82, 2.24) is 4.57 Å². The number of thiophene rings is 1. The van der Waals surface area contributed by atoms with Crippen LogP contribution in [0.25, 0.3) is 10.1 Å². The molecule has 0 aliphatic carbocycles. The minimum Gasteiger partial charge on any atom is -0.391 e. The number of nitrogens with two attached hydrogens (primary N) is 1. The summed E-state index contributed by atoms with van der Waals surface area (Å²) in [6.07, 6.45) is 1.60. The average molecular weight is 215 g/mol. The van der Waals surface area contributed by atoms with Gasteiger partial charge in [-0.15, -0.1) is 11.3 Å². The van der Waals surface area contributed by atoms with E-state index in [0.29, 0.717) is 15.4 Å². The maximum atomic E-state index is 11.5. The second kappa shape index (κ2) is 2.75. The molecule has 0 fully saturated rings. The van der Waals surface area contributed by atoms with Crippen molar-refractivity contribution in [2.24, 2.45) is 7.05 Å². The predicted molar refractivity (Wildman–Crippen MR) is 56.5 cm³/mol. The smallest absolute Gasteiger partial charge is 0.259 e. The number of hydrogen-bond acceptors (Lipinski definition) is 3. The van der Waals surface area contributed by atoms with E-state index < -0.39 is 0 Å². The van der Waals surface area contributed by atoms with Gasteiger partial charge in [0.05, 0.1) is 20.1 Å². The number of nitrogen functional groups attached to an aromatic ring is 1. The molecule has 0 saturated carbocycles. The van der Waals surface area contributed by atoms with Crippen molar-refractivity contribution in [3.8, 4) is 0 Å². The molecule has 13 heavy (non-hydrogen) atoms. The van der Waals surface area contributed by atoms with Crippen LogP contribution in [-0.2, 0) is 7.05 Å². The largest absolute Gasteiger partial charge is 0.391 e. The van der Waals surface area contributed by atoms with Crippen LogP contribution >= 0.6 is 22.9 Å². The van der Waals surface area contributed by atoms with Gasteiger partial charge in [-0.1, -0.05) is 11.6 Å². The van der Waals surface area contributed by atoms with E-state index in [-0.39, 0.29) is 5.56 Å². The first-order valence-corrected chi connectivity index (χ1v) is 4.83. The monoisotopic (exact) mass is 214 g/mol. The second-order valence-corrected chi connectivity index (χ2v) is 4.28. The summed E-state index contributed by atoms with van der Waals surface area (Å²) in [5.74, 6) is 0. The molecule has 3 nitrogen and oxygen atoms in total. The van der Waals surface area contributed by atoms with Crippen LogP contribution in [0, 0.1) is 0 Å². The topological polar surface area (TPSA) is 48.0 Å². The van der Waals surface area contributed by atoms with E-state index in [1.54, 1.807) is 19.3 Å². The van der Waals surface area contributed by atoms with E-state index in [2.05, 4.69) is 0 Å². The number of nitrogens with zero attached hydrogens (tertiary/aromatic N) is 1. The van der Waals surface area contributed by atoms with E-state index >= 15 is 0 Å². The Kier molecular flexibility index (Phi) is 1.82. The van der Waals surface area contributed by atoms with Gasteiger partial charge in [0.25, 0.3) is 5.56 Å². The van der Waals surface area contributed by atoms with Gasteiger partial charge in [0.2, 0.25) is 0 Å². The maximum absolute atomic E-state index is 11.5. The van der Waals surface area contributed by atoms with Crippen molar-refractivity contribution in [3.05, 3.63) is 27.6 Å². The first-order valence-electron chi connectivity index (χ1n) is 3.64. The molecule has 5 heteroatoms. The number of pyridine rings is 1. The lowest BCUT2D eigenvalue weighted by molar-refractivity contribution is 0.874. The fourth-order valence-corrected chi connectivity index (χ4v) is 2.41. The molecule has 68 valence electrons. The van der Waals surface area contributed by atoms with Crippen LogP contribution in [0.3, 0.4) is 0 Å². The first-order chi connectivity index (χ1) is 6.09. The van der Waals surface area contributed by atoms with Gasteiger partial charge in [-0.05, 0) is 6.07 Å². The summed E-state index contributed by atoms with van der Waals surface area (Å²) in [6, 6.07) is 1.66. The molecule has 0 unspecified atom stereocenters. The summed E-state index contributed by atoms with van der Waals surface area (Å²) in [7, 11) is 1.67. The van der Waals surface area contributed by atoms with E-state index in [9.17, 15) is 4.79 Å². The van der Waals surface area contributed by atoms with Crippen molar-refractivity contribution in [2.45, 2.75) is 0 Å². The lowest BCUT2D eigenvalue weighted by Crippen LogP contribution is -2.14. The van der Waals surface area contributed by atoms with Gasteiger partial charge >= 0.3 is 0 Å². The SMILES string of the molecule is Cn1cc(Cl)c2sc(N)cc2c1=O. The Morgan fingerprint density at radius 1 is 1.62 bits per heavy atom. The van der Waals surface area contributed by atoms with Crippen molar-refractivity contribution in [3.63, 3.8) is 0 Å². The van der Waals surface area contributed by atoms with Crippen molar-refractivity contribution in [1.29, 1.82) is 0 Å². The predicted octanol–water partition coefficient (Wildman–Crippen LogP) is 1.84. The number of rotatable bonds is 0.